The molecule has 2 rings (SSSR count). The van der Waals surface area contributed by atoms with Crippen LogP contribution < -0.4 is 10.6 Å². The van der Waals surface area contributed by atoms with E-state index in [2.05, 4.69) is 10.6 Å². The zero-order valence-electron chi connectivity index (χ0n) is 15.8. The van der Waals surface area contributed by atoms with Gasteiger partial charge in [-0.15, -0.1) is 0 Å². The molecule has 0 aliphatic carbocycles. The Labute approximate surface area is 154 Å². The quantitative estimate of drug-likeness (QED) is 0.866. The molecule has 0 atom stereocenters. The third-order valence-corrected chi connectivity index (χ3v) is 3.93. The highest BCUT2D eigenvalue weighted by Crippen LogP contribution is 2.17. The Kier molecular flexibility index (Phi) is 6.23. The van der Waals surface area contributed by atoms with Crippen molar-refractivity contribution in [2.45, 2.75) is 52.2 Å². The Balaban J connectivity index is 1.88. The number of benzene rings is 1. The van der Waals surface area contributed by atoms with Crippen LogP contribution in [0.3, 0.4) is 0 Å². The summed E-state index contributed by atoms with van der Waals surface area (Å²) in [5.74, 6) is -0.253. The lowest BCUT2D eigenvalue weighted by molar-refractivity contribution is -0.114. The summed E-state index contributed by atoms with van der Waals surface area (Å²) in [6.45, 7) is 8.01. The minimum atomic E-state index is -0.528. The van der Waals surface area contributed by atoms with Gasteiger partial charge in [-0.3, -0.25) is 9.59 Å². The molecular weight excluding hydrogens is 334 g/mol. The minimum Gasteiger partial charge on any atom is -0.444 e. The Hall–Kier alpha value is -2.57. The Morgan fingerprint density at radius 1 is 1.15 bits per heavy atom. The van der Waals surface area contributed by atoms with Crippen LogP contribution in [0, 0.1) is 0 Å². The molecule has 1 aliphatic heterocycles. The summed E-state index contributed by atoms with van der Waals surface area (Å²) in [7, 11) is 0. The van der Waals surface area contributed by atoms with E-state index < -0.39 is 11.7 Å². The van der Waals surface area contributed by atoms with E-state index in [4.69, 9.17) is 4.74 Å². The number of ether oxygens (including phenoxy) is 1. The summed E-state index contributed by atoms with van der Waals surface area (Å²) < 4.78 is 5.26. The van der Waals surface area contributed by atoms with Gasteiger partial charge in [0.25, 0.3) is 5.91 Å². The van der Waals surface area contributed by atoms with Crippen molar-refractivity contribution < 1.29 is 19.1 Å². The highest BCUT2D eigenvalue weighted by Gasteiger charge is 2.26. The first kappa shape index (κ1) is 19.8. The van der Waals surface area contributed by atoms with Crippen LogP contribution in [0.2, 0.25) is 0 Å². The molecule has 0 bridgehead atoms. The predicted octanol–water partition coefficient (Wildman–Crippen LogP) is 2.77. The first-order valence-electron chi connectivity index (χ1n) is 8.80. The van der Waals surface area contributed by atoms with Gasteiger partial charge in [-0.05, 0) is 51.8 Å². The van der Waals surface area contributed by atoms with Crippen molar-refractivity contribution >= 4 is 23.6 Å². The van der Waals surface area contributed by atoms with Gasteiger partial charge in [0.05, 0.1) is 0 Å². The molecule has 0 saturated carbocycles. The van der Waals surface area contributed by atoms with Crippen molar-refractivity contribution in [3.8, 4) is 0 Å². The first-order chi connectivity index (χ1) is 12.1. The van der Waals surface area contributed by atoms with Gasteiger partial charge in [-0.2, -0.15) is 0 Å². The fourth-order valence-corrected chi connectivity index (χ4v) is 2.82. The number of rotatable bonds is 3. The van der Waals surface area contributed by atoms with Crippen LogP contribution in [0.25, 0.3) is 0 Å². The molecule has 0 spiro atoms. The van der Waals surface area contributed by atoms with Crippen LogP contribution in [0.15, 0.2) is 24.3 Å². The van der Waals surface area contributed by atoms with Crippen molar-refractivity contribution in [3.05, 3.63) is 29.8 Å². The third-order valence-electron chi connectivity index (χ3n) is 3.93. The maximum absolute atomic E-state index is 12.7. The van der Waals surface area contributed by atoms with Gasteiger partial charge in [0.2, 0.25) is 5.91 Å². The second kappa shape index (κ2) is 8.21. The van der Waals surface area contributed by atoms with Gasteiger partial charge in [0.1, 0.15) is 5.60 Å². The van der Waals surface area contributed by atoms with Crippen molar-refractivity contribution in [2.24, 2.45) is 0 Å². The van der Waals surface area contributed by atoms with Crippen molar-refractivity contribution in [3.63, 3.8) is 0 Å². The summed E-state index contributed by atoms with van der Waals surface area (Å²) in [6.07, 6.45) is 0.928. The van der Waals surface area contributed by atoms with Crippen molar-refractivity contribution in [1.82, 2.24) is 10.2 Å². The summed E-state index contributed by atoms with van der Waals surface area (Å²) in [5.41, 5.74) is 0.610. The minimum absolute atomic E-state index is 0.000358. The lowest BCUT2D eigenvalue weighted by Crippen LogP contribution is -2.47. The third kappa shape index (κ3) is 6.06. The summed E-state index contributed by atoms with van der Waals surface area (Å²) >= 11 is 0. The number of nitrogens with zero attached hydrogens (tertiary/aromatic N) is 1. The highest BCUT2D eigenvalue weighted by molar-refractivity contribution is 5.96. The molecule has 1 aromatic carbocycles. The number of amides is 3. The topological polar surface area (TPSA) is 87.7 Å². The molecule has 2 N–H and O–H groups in total. The van der Waals surface area contributed by atoms with Crippen LogP contribution >= 0.6 is 0 Å². The number of piperidine rings is 1. The molecule has 26 heavy (non-hydrogen) atoms. The van der Waals surface area contributed by atoms with Gasteiger partial charge >= 0.3 is 6.09 Å². The lowest BCUT2D eigenvalue weighted by Gasteiger charge is -2.33. The molecule has 0 unspecified atom stereocenters. The second-order valence-electron chi connectivity index (χ2n) is 7.47. The van der Waals surface area contributed by atoms with Crippen LogP contribution in [0.4, 0.5) is 10.5 Å². The average Bonchev–Trinajstić information content (AvgIpc) is 2.52. The smallest absolute Gasteiger partial charge is 0.407 e. The van der Waals surface area contributed by atoms with Gasteiger partial charge in [-0.1, -0.05) is 6.07 Å². The van der Waals surface area contributed by atoms with Crippen molar-refractivity contribution in [2.75, 3.05) is 18.4 Å². The predicted molar refractivity (Wildman–Crippen MR) is 99.0 cm³/mol. The molecule has 0 radical (unpaired) electrons. The van der Waals surface area contributed by atoms with E-state index in [1.165, 1.54) is 6.92 Å². The first-order valence-corrected chi connectivity index (χ1v) is 8.80. The summed E-state index contributed by atoms with van der Waals surface area (Å²) in [5, 5.41) is 5.54. The fraction of sp³-hybridized carbons (Fsp3) is 0.526. The number of anilines is 1. The van der Waals surface area contributed by atoms with E-state index in [1.54, 1.807) is 29.2 Å². The molecular formula is C19H27N3O4. The van der Waals surface area contributed by atoms with Gasteiger partial charge in [0.15, 0.2) is 0 Å². The molecule has 1 aliphatic rings. The monoisotopic (exact) mass is 361 g/mol. The Morgan fingerprint density at radius 3 is 2.38 bits per heavy atom. The molecule has 3 amide bonds. The number of nitrogens with one attached hydrogen (secondary N) is 2. The van der Waals surface area contributed by atoms with E-state index in [1.807, 2.05) is 20.8 Å². The van der Waals surface area contributed by atoms with Crippen LogP contribution in [0.5, 0.6) is 0 Å². The molecule has 1 heterocycles. The zero-order chi connectivity index (χ0) is 19.3. The van der Waals surface area contributed by atoms with Gasteiger partial charge in [-0.25, -0.2) is 4.79 Å². The number of hydrogen-bond acceptors (Lipinski definition) is 4. The number of carbonyl (C=O) groups is 3. The molecule has 142 valence electrons. The number of carbonyl (C=O) groups excluding carboxylic acids is 3. The fourth-order valence-electron chi connectivity index (χ4n) is 2.82. The molecule has 0 aromatic heterocycles. The van der Waals surface area contributed by atoms with E-state index >= 15 is 0 Å². The standard InChI is InChI=1S/C19H27N3O4/c1-13(23)20-16-7-5-6-14(12-16)17(24)22-10-8-15(9-11-22)21-18(25)26-19(2,3)4/h5-7,12,15H,8-11H2,1-4H3,(H,20,23)(H,21,25). The Bertz CT molecular complexity index is 674. The van der Waals surface area contributed by atoms with E-state index in [0.29, 0.717) is 37.2 Å². The van der Waals surface area contributed by atoms with E-state index in [-0.39, 0.29) is 17.9 Å². The van der Waals surface area contributed by atoms with Gasteiger partial charge in [0, 0.05) is 37.3 Å². The lowest BCUT2D eigenvalue weighted by atomic mass is 10.0. The number of hydrogen-bond donors (Lipinski definition) is 2. The van der Waals surface area contributed by atoms with Crippen molar-refractivity contribution in [1.29, 1.82) is 0 Å². The summed E-state index contributed by atoms with van der Waals surface area (Å²) in [4.78, 5) is 37.4. The molecule has 1 saturated heterocycles. The number of alkyl carbamates (subject to hydrolysis) is 1. The maximum Gasteiger partial charge on any atom is 0.407 e. The normalized spacial score (nSPS) is 15.3. The van der Waals surface area contributed by atoms with E-state index in [9.17, 15) is 14.4 Å². The Morgan fingerprint density at radius 2 is 1.81 bits per heavy atom. The highest BCUT2D eigenvalue weighted by atomic mass is 16.6. The molecule has 1 fully saturated rings. The van der Waals surface area contributed by atoms with Gasteiger partial charge < -0.3 is 20.3 Å². The number of likely N-dealkylation sites (tertiary alicyclic amines) is 1. The van der Waals surface area contributed by atoms with Crippen LogP contribution in [-0.2, 0) is 9.53 Å². The van der Waals surface area contributed by atoms with E-state index in [0.717, 1.165) is 0 Å². The summed E-state index contributed by atoms with van der Waals surface area (Å²) in [6, 6.07) is 6.90. The molecule has 1 aromatic rings. The van der Waals surface area contributed by atoms with Crippen LogP contribution in [-0.4, -0.2) is 47.5 Å². The molecule has 7 heteroatoms. The maximum atomic E-state index is 12.7. The molecule has 7 nitrogen and oxygen atoms in total. The zero-order valence-corrected chi connectivity index (χ0v) is 15.8. The largest absolute Gasteiger partial charge is 0.444 e. The second-order valence-corrected chi connectivity index (χ2v) is 7.47. The SMILES string of the molecule is CC(=O)Nc1cccc(C(=O)N2CCC(NC(=O)OC(C)(C)C)CC2)c1. The average molecular weight is 361 g/mol. The van der Waals surface area contributed by atoms with Crippen LogP contribution in [0.1, 0.15) is 50.9 Å².